The average molecular weight is 255 g/mol. The van der Waals surface area contributed by atoms with E-state index in [1.165, 1.54) is 17.7 Å². The molecule has 98 valence electrons. The van der Waals surface area contributed by atoms with E-state index in [1.54, 1.807) is 24.1 Å². The molecule has 0 saturated carbocycles. The van der Waals surface area contributed by atoms with Gasteiger partial charge in [-0.2, -0.15) is 0 Å². The molecule has 19 heavy (non-hydrogen) atoms. The number of rotatable bonds is 3. The molecule has 2 aromatic rings. The molecular weight excluding hydrogens is 238 g/mol. The highest BCUT2D eigenvalue weighted by Crippen LogP contribution is 2.13. The fraction of sp³-hybridized carbons (Fsp3) is 0.188. The average Bonchev–Trinajstić information content (AvgIpc) is 2.41. The second-order valence-electron chi connectivity index (χ2n) is 4.69. The standard InChI is InChI=1S/C16H17NO2/c1-12-3-5-13(6-4-12)11-17(2)16(19)14-7-9-15(18)10-8-14/h3-10,18H,11H2,1-2H3. The Morgan fingerprint density at radius 2 is 1.63 bits per heavy atom. The van der Waals surface area contributed by atoms with Gasteiger partial charge in [0.1, 0.15) is 5.75 Å². The van der Waals surface area contributed by atoms with Gasteiger partial charge in [0.2, 0.25) is 0 Å². The molecule has 1 amide bonds. The van der Waals surface area contributed by atoms with Gasteiger partial charge in [-0.05, 0) is 36.8 Å². The number of amides is 1. The maximum atomic E-state index is 12.2. The summed E-state index contributed by atoms with van der Waals surface area (Å²) < 4.78 is 0. The van der Waals surface area contributed by atoms with E-state index in [0.29, 0.717) is 12.1 Å². The van der Waals surface area contributed by atoms with E-state index in [0.717, 1.165) is 5.56 Å². The smallest absolute Gasteiger partial charge is 0.253 e. The van der Waals surface area contributed by atoms with E-state index in [9.17, 15) is 9.90 Å². The fourth-order valence-corrected chi connectivity index (χ4v) is 1.86. The molecule has 0 aromatic heterocycles. The molecule has 0 radical (unpaired) electrons. The van der Waals surface area contributed by atoms with Gasteiger partial charge < -0.3 is 10.0 Å². The number of hydrogen-bond acceptors (Lipinski definition) is 2. The maximum absolute atomic E-state index is 12.2. The molecule has 0 spiro atoms. The second kappa shape index (κ2) is 5.57. The van der Waals surface area contributed by atoms with Gasteiger partial charge in [-0.1, -0.05) is 29.8 Å². The van der Waals surface area contributed by atoms with Gasteiger partial charge in [0, 0.05) is 19.2 Å². The quantitative estimate of drug-likeness (QED) is 0.916. The first-order valence-corrected chi connectivity index (χ1v) is 6.16. The lowest BCUT2D eigenvalue weighted by molar-refractivity contribution is 0.0785. The summed E-state index contributed by atoms with van der Waals surface area (Å²) in [6.07, 6.45) is 0. The molecule has 0 heterocycles. The zero-order valence-electron chi connectivity index (χ0n) is 11.1. The van der Waals surface area contributed by atoms with Crippen molar-refractivity contribution in [3.63, 3.8) is 0 Å². The Kier molecular flexibility index (Phi) is 3.85. The maximum Gasteiger partial charge on any atom is 0.253 e. The van der Waals surface area contributed by atoms with Crippen LogP contribution in [0.2, 0.25) is 0 Å². The van der Waals surface area contributed by atoms with E-state index in [1.807, 2.05) is 31.2 Å². The third-order valence-corrected chi connectivity index (χ3v) is 3.00. The summed E-state index contributed by atoms with van der Waals surface area (Å²) in [5, 5.41) is 9.21. The van der Waals surface area contributed by atoms with Crippen LogP contribution in [0.25, 0.3) is 0 Å². The highest BCUT2D eigenvalue weighted by Gasteiger charge is 2.11. The van der Waals surface area contributed by atoms with E-state index in [-0.39, 0.29) is 11.7 Å². The third kappa shape index (κ3) is 3.35. The van der Waals surface area contributed by atoms with Crippen molar-refractivity contribution in [1.29, 1.82) is 0 Å². The van der Waals surface area contributed by atoms with Gasteiger partial charge in [-0.15, -0.1) is 0 Å². The number of phenolic OH excluding ortho intramolecular Hbond substituents is 1. The van der Waals surface area contributed by atoms with Crippen LogP contribution in [0.5, 0.6) is 5.75 Å². The largest absolute Gasteiger partial charge is 0.508 e. The van der Waals surface area contributed by atoms with Crippen molar-refractivity contribution in [2.24, 2.45) is 0 Å². The zero-order valence-corrected chi connectivity index (χ0v) is 11.1. The van der Waals surface area contributed by atoms with Crippen molar-refractivity contribution >= 4 is 5.91 Å². The van der Waals surface area contributed by atoms with Crippen LogP contribution in [0, 0.1) is 6.92 Å². The number of carbonyl (C=O) groups excluding carboxylic acids is 1. The summed E-state index contributed by atoms with van der Waals surface area (Å²) in [4.78, 5) is 13.8. The number of aromatic hydroxyl groups is 1. The Balaban J connectivity index is 2.07. The van der Waals surface area contributed by atoms with Crippen LogP contribution in [-0.2, 0) is 6.54 Å². The molecule has 0 bridgehead atoms. The lowest BCUT2D eigenvalue weighted by Gasteiger charge is -2.17. The first kappa shape index (κ1) is 13.1. The molecule has 0 unspecified atom stereocenters. The topological polar surface area (TPSA) is 40.5 Å². The van der Waals surface area contributed by atoms with E-state index in [2.05, 4.69) is 0 Å². The van der Waals surface area contributed by atoms with Crippen LogP contribution in [0.4, 0.5) is 0 Å². The Morgan fingerprint density at radius 1 is 1.05 bits per heavy atom. The number of hydrogen-bond donors (Lipinski definition) is 1. The van der Waals surface area contributed by atoms with Crippen LogP contribution in [0.1, 0.15) is 21.5 Å². The first-order valence-electron chi connectivity index (χ1n) is 6.16. The molecular formula is C16H17NO2. The predicted octanol–water partition coefficient (Wildman–Crippen LogP) is 2.97. The fourth-order valence-electron chi connectivity index (χ4n) is 1.86. The molecule has 2 aromatic carbocycles. The molecule has 0 saturated heterocycles. The molecule has 3 nitrogen and oxygen atoms in total. The molecule has 0 aliphatic rings. The minimum absolute atomic E-state index is 0.0550. The Hall–Kier alpha value is -2.29. The summed E-state index contributed by atoms with van der Waals surface area (Å²) >= 11 is 0. The molecule has 0 aliphatic heterocycles. The van der Waals surface area contributed by atoms with Crippen molar-refractivity contribution in [2.45, 2.75) is 13.5 Å². The Morgan fingerprint density at radius 3 is 2.21 bits per heavy atom. The normalized spacial score (nSPS) is 10.2. The number of benzene rings is 2. The van der Waals surface area contributed by atoms with Gasteiger partial charge in [0.15, 0.2) is 0 Å². The number of aryl methyl sites for hydroxylation is 1. The third-order valence-electron chi connectivity index (χ3n) is 3.00. The van der Waals surface area contributed by atoms with Crippen LogP contribution in [0.3, 0.4) is 0 Å². The Bertz CT molecular complexity index is 558. The van der Waals surface area contributed by atoms with Crippen LogP contribution < -0.4 is 0 Å². The summed E-state index contributed by atoms with van der Waals surface area (Å²) in [6, 6.07) is 14.4. The molecule has 1 N–H and O–H groups in total. The lowest BCUT2D eigenvalue weighted by Crippen LogP contribution is -2.26. The van der Waals surface area contributed by atoms with E-state index in [4.69, 9.17) is 0 Å². The van der Waals surface area contributed by atoms with Gasteiger partial charge in [0.05, 0.1) is 0 Å². The van der Waals surface area contributed by atoms with Crippen molar-refractivity contribution in [1.82, 2.24) is 4.90 Å². The predicted molar refractivity (Wildman–Crippen MR) is 75.1 cm³/mol. The first-order chi connectivity index (χ1) is 9.06. The summed E-state index contributed by atoms with van der Waals surface area (Å²) in [7, 11) is 1.77. The minimum atomic E-state index is -0.0550. The SMILES string of the molecule is Cc1ccc(CN(C)C(=O)c2ccc(O)cc2)cc1. The van der Waals surface area contributed by atoms with Crippen LogP contribution >= 0.6 is 0 Å². The second-order valence-corrected chi connectivity index (χ2v) is 4.69. The molecule has 2 rings (SSSR count). The van der Waals surface area contributed by atoms with Crippen LogP contribution in [-0.4, -0.2) is 23.0 Å². The summed E-state index contributed by atoms with van der Waals surface area (Å²) in [6.45, 7) is 2.61. The Labute approximate surface area is 113 Å². The monoisotopic (exact) mass is 255 g/mol. The minimum Gasteiger partial charge on any atom is -0.508 e. The summed E-state index contributed by atoms with van der Waals surface area (Å²) in [5.74, 6) is 0.110. The van der Waals surface area contributed by atoms with Crippen molar-refractivity contribution in [2.75, 3.05) is 7.05 Å². The number of carbonyl (C=O) groups is 1. The lowest BCUT2D eigenvalue weighted by atomic mass is 10.1. The zero-order chi connectivity index (χ0) is 13.8. The van der Waals surface area contributed by atoms with E-state index < -0.39 is 0 Å². The number of nitrogens with zero attached hydrogens (tertiary/aromatic N) is 1. The molecule has 0 atom stereocenters. The highest BCUT2D eigenvalue weighted by atomic mass is 16.3. The van der Waals surface area contributed by atoms with Crippen molar-refractivity contribution in [3.8, 4) is 5.75 Å². The molecule has 0 fully saturated rings. The van der Waals surface area contributed by atoms with Crippen LogP contribution in [0.15, 0.2) is 48.5 Å². The van der Waals surface area contributed by atoms with E-state index >= 15 is 0 Å². The van der Waals surface area contributed by atoms with Gasteiger partial charge >= 0.3 is 0 Å². The van der Waals surface area contributed by atoms with Crippen molar-refractivity contribution in [3.05, 3.63) is 65.2 Å². The highest BCUT2D eigenvalue weighted by molar-refractivity contribution is 5.94. The van der Waals surface area contributed by atoms with Gasteiger partial charge in [-0.25, -0.2) is 0 Å². The molecule has 0 aliphatic carbocycles. The van der Waals surface area contributed by atoms with Gasteiger partial charge in [-0.3, -0.25) is 4.79 Å². The van der Waals surface area contributed by atoms with Crippen molar-refractivity contribution < 1.29 is 9.90 Å². The molecule has 3 heteroatoms. The van der Waals surface area contributed by atoms with Gasteiger partial charge in [0.25, 0.3) is 5.91 Å². The summed E-state index contributed by atoms with van der Waals surface area (Å²) in [5.41, 5.74) is 2.88. The number of phenols is 1.